The van der Waals surface area contributed by atoms with E-state index >= 15 is 0 Å². The van der Waals surface area contributed by atoms with Gasteiger partial charge in [0.05, 0.1) is 6.10 Å². The molecule has 2 aliphatic rings. The van der Waals surface area contributed by atoms with Gasteiger partial charge >= 0.3 is 0 Å². The van der Waals surface area contributed by atoms with Crippen molar-refractivity contribution in [3.63, 3.8) is 0 Å². The molecule has 1 aromatic carbocycles. The Hall–Kier alpha value is -0.860. The minimum atomic E-state index is 0.291. The first-order chi connectivity index (χ1) is 9.24. The zero-order valence-corrected chi connectivity index (χ0v) is 12.1. The average Bonchev–Trinajstić information content (AvgIpc) is 3.24. The Kier molecular flexibility index (Phi) is 3.90. The molecule has 1 aliphatic carbocycles. The summed E-state index contributed by atoms with van der Waals surface area (Å²) in [4.78, 5) is 0. The van der Waals surface area contributed by atoms with Crippen LogP contribution in [0.1, 0.15) is 48.5 Å². The number of rotatable bonds is 4. The summed E-state index contributed by atoms with van der Waals surface area (Å²) < 4.78 is 6.08. The largest absolute Gasteiger partial charge is 0.373 e. The Bertz CT molecular complexity index is 439. The molecule has 0 amide bonds. The van der Waals surface area contributed by atoms with Crippen LogP contribution in [0.3, 0.4) is 0 Å². The predicted molar refractivity (Wildman–Crippen MR) is 78.4 cm³/mol. The quantitative estimate of drug-likeness (QED) is 0.893. The molecule has 2 heteroatoms. The van der Waals surface area contributed by atoms with Crippen molar-refractivity contribution in [2.45, 2.75) is 51.7 Å². The molecule has 19 heavy (non-hydrogen) atoms. The number of benzene rings is 1. The Labute approximate surface area is 116 Å². The third-order valence-electron chi connectivity index (χ3n) is 4.55. The summed E-state index contributed by atoms with van der Waals surface area (Å²) in [6.07, 6.45) is 5.51. The number of hydrogen-bond acceptors (Lipinski definition) is 2. The predicted octanol–water partition coefficient (Wildman–Crippen LogP) is 3.52. The molecule has 0 aromatic heterocycles. The first-order valence-electron chi connectivity index (χ1n) is 7.66. The average molecular weight is 259 g/mol. The molecular weight excluding hydrogens is 234 g/mol. The fourth-order valence-electron chi connectivity index (χ4n) is 2.97. The molecule has 104 valence electrons. The molecule has 1 N–H and O–H groups in total. The second-order valence-electron chi connectivity index (χ2n) is 6.22. The van der Waals surface area contributed by atoms with Gasteiger partial charge in [0, 0.05) is 25.1 Å². The van der Waals surface area contributed by atoms with Crippen LogP contribution in [-0.4, -0.2) is 19.2 Å². The second-order valence-corrected chi connectivity index (χ2v) is 6.22. The van der Waals surface area contributed by atoms with E-state index in [4.69, 9.17) is 4.74 Å². The van der Waals surface area contributed by atoms with E-state index in [0.717, 1.165) is 19.2 Å². The van der Waals surface area contributed by atoms with Crippen LogP contribution in [0, 0.1) is 19.8 Å². The minimum Gasteiger partial charge on any atom is -0.373 e. The van der Waals surface area contributed by atoms with E-state index in [0.29, 0.717) is 12.0 Å². The summed E-state index contributed by atoms with van der Waals surface area (Å²) in [5.41, 5.74) is 4.11. The van der Waals surface area contributed by atoms with Crippen molar-refractivity contribution in [1.82, 2.24) is 5.32 Å². The van der Waals surface area contributed by atoms with Crippen molar-refractivity contribution in [3.8, 4) is 0 Å². The molecule has 2 unspecified atom stereocenters. The SMILES string of the molecule is Cc1ccc(C2OCCCC2CNC2CC2)cc1C. The second kappa shape index (κ2) is 5.64. The summed E-state index contributed by atoms with van der Waals surface area (Å²) in [5, 5.41) is 3.67. The van der Waals surface area contributed by atoms with Gasteiger partial charge in [0.2, 0.25) is 0 Å². The van der Waals surface area contributed by atoms with Crippen LogP contribution >= 0.6 is 0 Å². The van der Waals surface area contributed by atoms with Crippen molar-refractivity contribution in [2.75, 3.05) is 13.2 Å². The van der Waals surface area contributed by atoms with Crippen LogP contribution in [-0.2, 0) is 4.74 Å². The van der Waals surface area contributed by atoms with E-state index in [-0.39, 0.29) is 0 Å². The Balaban J connectivity index is 1.72. The third kappa shape index (κ3) is 3.18. The summed E-state index contributed by atoms with van der Waals surface area (Å²) in [5.74, 6) is 0.636. The maximum Gasteiger partial charge on any atom is 0.0865 e. The van der Waals surface area contributed by atoms with Crippen LogP contribution < -0.4 is 5.32 Å². The van der Waals surface area contributed by atoms with Gasteiger partial charge in [0.1, 0.15) is 0 Å². The summed E-state index contributed by atoms with van der Waals surface area (Å²) in [6, 6.07) is 7.59. The topological polar surface area (TPSA) is 21.3 Å². The Morgan fingerprint density at radius 3 is 2.74 bits per heavy atom. The lowest BCUT2D eigenvalue weighted by Crippen LogP contribution is -2.32. The first kappa shape index (κ1) is 13.1. The number of hydrogen-bond donors (Lipinski definition) is 1. The first-order valence-corrected chi connectivity index (χ1v) is 7.66. The summed E-state index contributed by atoms with van der Waals surface area (Å²) >= 11 is 0. The number of aryl methyl sites for hydroxylation is 2. The van der Waals surface area contributed by atoms with Crippen molar-refractivity contribution >= 4 is 0 Å². The molecule has 1 aliphatic heterocycles. The van der Waals surface area contributed by atoms with Gasteiger partial charge in [-0.1, -0.05) is 18.2 Å². The standard InChI is InChI=1S/C17H25NO/c1-12-5-6-14(10-13(12)2)17-15(4-3-9-19-17)11-18-16-7-8-16/h5-6,10,15-18H,3-4,7-9,11H2,1-2H3. The molecule has 3 rings (SSSR count). The Morgan fingerprint density at radius 2 is 2.00 bits per heavy atom. The van der Waals surface area contributed by atoms with Crippen LogP contribution in [0.4, 0.5) is 0 Å². The molecule has 2 atom stereocenters. The normalized spacial score (nSPS) is 27.5. The lowest BCUT2D eigenvalue weighted by Gasteiger charge is -2.32. The summed E-state index contributed by atoms with van der Waals surface area (Å²) in [7, 11) is 0. The molecule has 0 bridgehead atoms. The van der Waals surface area contributed by atoms with Gasteiger partial charge in [0.15, 0.2) is 0 Å². The van der Waals surface area contributed by atoms with Gasteiger partial charge in [-0.2, -0.15) is 0 Å². The van der Waals surface area contributed by atoms with Crippen LogP contribution in [0.5, 0.6) is 0 Å². The van der Waals surface area contributed by atoms with E-state index in [1.165, 1.54) is 42.4 Å². The van der Waals surface area contributed by atoms with Gasteiger partial charge in [-0.25, -0.2) is 0 Å². The zero-order valence-electron chi connectivity index (χ0n) is 12.1. The van der Waals surface area contributed by atoms with E-state index in [1.807, 2.05) is 0 Å². The van der Waals surface area contributed by atoms with Gasteiger partial charge in [-0.05, 0) is 56.2 Å². The van der Waals surface area contributed by atoms with Gasteiger partial charge in [-0.15, -0.1) is 0 Å². The maximum atomic E-state index is 6.08. The Morgan fingerprint density at radius 1 is 1.16 bits per heavy atom. The molecular formula is C17H25NO. The summed E-state index contributed by atoms with van der Waals surface area (Å²) in [6.45, 7) is 6.39. The minimum absolute atomic E-state index is 0.291. The molecule has 2 fully saturated rings. The van der Waals surface area contributed by atoms with Crippen LogP contribution in [0.2, 0.25) is 0 Å². The highest BCUT2D eigenvalue weighted by Crippen LogP contribution is 2.34. The molecule has 1 heterocycles. The highest BCUT2D eigenvalue weighted by molar-refractivity contribution is 5.31. The maximum absolute atomic E-state index is 6.08. The van der Waals surface area contributed by atoms with E-state index in [9.17, 15) is 0 Å². The van der Waals surface area contributed by atoms with E-state index < -0.39 is 0 Å². The molecule has 1 saturated carbocycles. The highest BCUT2D eigenvalue weighted by Gasteiger charge is 2.29. The molecule has 2 nitrogen and oxygen atoms in total. The lowest BCUT2D eigenvalue weighted by atomic mass is 9.88. The zero-order chi connectivity index (χ0) is 13.2. The smallest absolute Gasteiger partial charge is 0.0865 e. The number of nitrogens with one attached hydrogen (secondary N) is 1. The van der Waals surface area contributed by atoms with Gasteiger partial charge in [0.25, 0.3) is 0 Å². The third-order valence-corrected chi connectivity index (χ3v) is 4.55. The van der Waals surface area contributed by atoms with Gasteiger partial charge in [-0.3, -0.25) is 0 Å². The molecule has 0 radical (unpaired) electrons. The van der Waals surface area contributed by atoms with E-state index in [1.54, 1.807) is 0 Å². The van der Waals surface area contributed by atoms with Crippen molar-refractivity contribution in [1.29, 1.82) is 0 Å². The van der Waals surface area contributed by atoms with E-state index in [2.05, 4.69) is 37.4 Å². The fourth-order valence-corrected chi connectivity index (χ4v) is 2.97. The molecule has 1 aromatic rings. The lowest BCUT2D eigenvalue weighted by molar-refractivity contribution is -0.0278. The number of ether oxygens (including phenoxy) is 1. The monoisotopic (exact) mass is 259 g/mol. The molecule has 1 saturated heterocycles. The molecule has 0 spiro atoms. The van der Waals surface area contributed by atoms with Gasteiger partial charge < -0.3 is 10.1 Å². The highest BCUT2D eigenvalue weighted by atomic mass is 16.5. The van der Waals surface area contributed by atoms with Crippen molar-refractivity contribution in [3.05, 3.63) is 34.9 Å². The van der Waals surface area contributed by atoms with Crippen LogP contribution in [0.25, 0.3) is 0 Å². The fraction of sp³-hybridized carbons (Fsp3) is 0.647. The van der Waals surface area contributed by atoms with Crippen molar-refractivity contribution in [2.24, 2.45) is 5.92 Å². The van der Waals surface area contributed by atoms with Crippen LogP contribution in [0.15, 0.2) is 18.2 Å². The van der Waals surface area contributed by atoms with Crippen molar-refractivity contribution < 1.29 is 4.74 Å².